The Labute approximate surface area is 101 Å². The summed E-state index contributed by atoms with van der Waals surface area (Å²) in [6.45, 7) is 4.59. The molecule has 0 aliphatic carbocycles. The van der Waals surface area contributed by atoms with Crippen molar-refractivity contribution < 1.29 is 19.4 Å². The zero-order valence-corrected chi connectivity index (χ0v) is 10.2. The fourth-order valence-electron chi connectivity index (χ4n) is 2.75. The van der Waals surface area contributed by atoms with E-state index in [1.54, 1.807) is 0 Å². The van der Waals surface area contributed by atoms with Gasteiger partial charge in [0.05, 0.1) is 24.0 Å². The Morgan fingerprint density at radius 1 is 1.29 bits per heavy atom. The lowest BCUT2D eigenvalue weighted by Gasteiger charge is -2.24. The predicted molar refractivity (Wildman–Crippen MR) is 60.4 cm³/mol. The van der Waals surface area contributed by atoms with Crippen molar-refractivity contribution in [3.8, 4) is 0 Å². The number of rotatable bonds is 4. The third-order valence-electron chi connectivity index (χ3n) is 3.55. The second kappa shape index (κ2) is 4.64. The highest BCUT2D eigenvalue weighted by atomic mass is 16.5. The maximum absolute atomic E-state index is 12.0. The maximum Gasteiger partial charge on any atom is 0.310 e. The zero-order valence-electron chi connectivity index (χ0n) is 10.2. The van der Waals surface area contributed by atoms with Gasteiger partial charge < -0.3 is 15.2 Å². The van der Waals surface area contributed by atoms with E-state index in [0.717, 1.165) is 12.8 Å². The number of hydrogen-bond donors (Lipinski definition) is 2. The monoisotopic (exact) mass is 241 g/mol. The topological polar surface area (TPSA) is 75.6 Å². The van der Waals surface area contributed by atoms with Crippen molar-refractivity contribution in [1.29, 1.82) is 0 Å². The van der Waals surface area contributed by atoms with E-state index >= 15 is 0 Å². The van der Waals surface area contributed by atoms with Gasteiger partial charge in [-0.15, -0.1) is 0 Å². The molecule has 0 aromatic carbocycles. The summed E-state index contributed by atoms with van der Waals surface area (Å²) in [6.07, 6.45) is 1.09. The van der Waals surface area contributed by atoms with Gasteiger partial charge in [-0.2, -0.15) is 0 Å². The lowest BCUT2D eigenvalue weighted by Crippen LogP contribution is -2.44. The highest BCUT2D eigenvalue weighted by Crippen LogP contribution is 2.43. The summed E-state index contributed by atoms with van der Waals surface area (Å²) < 4.78 is 5.55. The third-order valence-corrected chi connectivity index (χ3v) is 3.55. The Morgan fingerprint density at radius 3 is 2.41 bits per heavy atom. The fourth-order valence-corrected chi connectivity index (χ4v) is 2.75. The Kier molecular flexibility index (Phi) is 3.38. The number of carbonyl (C=O) groups excluding carboxylic acids is 1. The quantitative estimate of drug-likeness (QED) is 0.757. The highest BCUT2D eigenvalue weighted by Gasteiger charge is 2.55. The molecule has 2 saturated heterocycles. The summed E-state index contributed by atoms with van der Waals surface area (Å²) in [5.74, 6) is -1.90. The number of nitrogens with one attached hydrogen (secondary N) is 1. The first-order valence-corrected chi connectivity index (χ1v) is 6.16. The van der Waals surface area contributed by atoms with Gasteiger partial charge in [0.15, 0.2) is 0 Å². The molecule has 0 radical (unpaired) electrons. The number of ether oxygens (including phenoxy) is 1. The molecule has 5 heteroatoms. The maximum atomic E-state index is 12.0. The van der Waals surface area contributed by atoms with Crippen LogP contribution in [0.2, 0.25) is 0 Å². The predicted octanol–water partition coefficient (Wildman–Crippen LogP) is 0.637. The lowest BCUT2D eigenvalue weighted by molar-refractivity contribution is -0.147. The van der Waals surface area contributed by atoms with Gasteiger partial charge in [0, 0.05) is 6.54 Å². The van der Waals surface area contributed by atoms with Crippen molar-refractivity contribution in [1.82, 2.24) is 5.32 Å². The van der Waals surface area contributed by atoms with Crippen molar-refractivity contribution in [2.24, 2.45) is 17.8 Å². The Balaban J connectivity index is 2.03. The third kappa shape index (κ3) is 2.29. The molecule has 2 N–H and O–H groups in total. The summed E-state index contributed by atoms with van der Waals surface area (Å²) in [4.78, 5) is 23.2. The number of carbonyl (C=O) groups is 2. The van der Waals surface area contributed by atoms with E-state index in [0.29, 0.717) is 12.5 Å². The van der Waals surface area contributed by atoms with Crippen LogP contribution >= 0.6 is 0 Å². The van der Waals surface area contributed by atoms with E-state index in [9.17, 15) is 14.7 Å². The van der Waals surface area contributed by atoms with E-state index in [-0.39, 0.29) is 18.1 Å². The second-order valence-corrected chi connectivity index (χ2v) is 5.32. The van der Waals surface area contributed by atoms with Crippen LogP contribution in [0.15, 0.2) is 0 Å². The number of carboxylic acid groups (broad SMARTS) is 1. The molecule has 2 heterocycles. The minimum Gasteiger partial charge on any atom is -0.481 e. The van der Waals surface area contributed by atoms with Crippen LogP contribution in [0.1, 0.15) is 26.7 Å². The van der Waals surface area contributed by atoms with Gasteiger partial charge in [0.1, 0.15) is 0 Å². The molecular weight excluding hydrogens is 222 g/mol. The van der Waals surface area contributed by atoms with Crippen LogP contribution in [0.3, 0.4) is 0 Å². The first kappa shape index (κ1) is 12.4. The Hall–Kier alpha value is -1.10. The van der Waals surface area contributed by atoms with Crippen LogP contribution in [0, 0.1) is 17.8 Å². The number of aliphatic carboxylic acids is 1. The first-order valence-electron chi connectivity index (χ1n) is 6.16. The molecule has 2 rings (SSSR count). The van der Waals surface area contributed by atoms with Crippen molar-refractivity contribution in [3.63, 3.8) is 0 Å². The molecule has 17 heavy (non-hydrogen) atoms. The molecule has 2 bridgehead atoms. The minimum absolute atomic E-state index is 0.168. The summed E-state index contributed by atoms with van der Waals surface area (Å²) in [7, 11) is 0. The molecule has 2 aliphatic rings. The van der Waals surface area contributed by atoms with Gasteiger partial charge in [-0.1, -0.05) is 13.8 Å². The number of hydrogen-bond acceptors (Lipinski definition) is 3. The van der Waals surface area contributed by atoms with Crippen molar-refractivity contribution in [3.05, 3.63) is 0 Å². The molecule has 0 spiro atoms. The standard InChI is InChI=1S/C12H19NO4/c1-6(2)5-13-11(14)9-7-3-4-8(17-7)10(9)12(15)16/h6-10H,3-5H2,1-2H3,(H,13,14)(H,15,16)/t7-,8+,9+,10-/m0/s1. The van der Waals surface area contributed by atoms with Crippen molar-refractivity contribution in [2.75, 3.05) is 6.54 Å². The van der Waals surface area contributed by atoms with Crippen LogP contribution in [0.25, 0.3) is 0 Å². The fraction of sp³-hybridized carbons (Fsp3) is 0.833. The van der Waals surface area contributed by atoms with Gasteiger partial charge in [0.25, 0.3) is 0 Å². The summed E-state index contributed by atoms with van der Waals surface area (Å²) >= 11 is 0. The SMILES string of the molecule is CC(C)CNC(=O)[C@H]1[C@@H](C(=O)O)[C@H]2CC[C@@H]1O2. The molecule has 4 atom stereocenters. The van der Waals surface area contributed by atoms with Gasteiger partial charge in [-0.05, 0) is 18.8 Å². The number of amides is 1. The van der Waals surface area contributed by atoms with E-state index in [1.807, 2.05) is 13.8 Å². The average molecular weight is 241 g/mol. The van der Waals surface area contributed by atoms with Gasteiger partial charge in [-0.25, -0.2) is 0 Å². The largest absolute Gasteiger partial charge is 0.481 e. The van der Waals surface area contributed by atoms with E-state index < -0.39 is 17.8 Å². The molecule has 0 saturated carbocycles. The minimum atomic E-state index is -0.915. The average Bonchev–Trinajstić information content (AvgIpc) is 2.84. The van der Waals surface area contributed by atoms with E-state index in [2.05, 4.69) is 5.32 Å². The molecule has 2 aliphatic heterocycles. The molecule has 0 unspecified atom stereocenters. The number of fused-ring (bicyclic) bond motifs is 2. The molecule has 0 aromatic heterocycles. The van der Waals surface area contributed by atoms with Crippen LogP contribution in [-0.2, 0) is 14.3 Å². The smallest absolute Gasteiger partial charge is 0.310 e. The highest BCUT2D eigenvalue weighted by molar-refractivity contribution is 5.86. The zero-order chi connectivity index (χ0) is 12.6. The molecule has 96 valence electrons. The van der Waals surface area contributed by atoms with Crippen LogP contribution in [-0.4, -0.2) is 35.7 Å². The van der Waals surface area contributed by atoms with Crippen molar-refractivity contribution >= 4 is 11.9 Å². The van der Waals surface area contributed by atoms with E-state index in [4.69, 9.17) is 4.74 Å². The van der Waals surface area contributed by atoms with Crippen LogP contribution in [0.4, 0.5) is 0 Å². The summed E-state index contributed by atoms with van der Waals surface area (Å²) in [6, 6.07) is 0. The normalized spacial score (nSPS) is 35.2. The summed E-state index contributed by atoms with van der Waals surface area (Å²) in [5.41, 5.74) is 0. The molecule has 2 fully saturated rings. The summed E-state index contributed by atoms with van der Waals surface area (Å²) in [5, 5.41) is 12.0. The van der Waals surface area contributed by atoms with E-state index in [1.165, 1.54) is 0 Å². The van der Waals surface area contributed by atoms with Gasteiger partial charge >= 0.3 is 5.97 Å². The molecule has 5 nitrogen and oxygen atoms in total. The molecular formula is C12H19NO4. The van der Waals surface area contributed by atoms with Gasteiger partial charge in [-0.3, -0.25) is 9.59 Å². The molecule has 0 aromatic rings. The Bertz CT molecular complexity index is 328. The van der Waals surface area contributed by atoms with Crippen molar-refractivity contribution in [2.45, 2.75) is 38.9 Å². The first-order chi connectivity index (χ1) is 8.00. The Morgan fingerprint density at radius 2 is 1.88 bits per heavy atom. The van der Waals surface area contributed by atoms with Crippen LogP contribution in [0.5, 0.6) is 0 Å². The number of carboxylic acids is 1. The molecule has 1 amide bonds. The lowest BCUT2D eigenvalue weighted by atomic mass is 9.78. The van der Waals surface area contributed by atoms with Gasteiger partial charge in [0.2, 0.25) is 5.91 Å². The van der Waals surface area contributed by atoms with Crippen LogP contribution < -0.4 is 5.32 Å². The second-order valence-electron chi connectivity index (χ2n) is 5.32.